The van der Waals surface area contributed by atoms with Crippen LogP contribution >= 0.6 is 23.2 Å². The molecule has 2 aromatic carbocycles. The van der Waals surface area contributed by atoms with Crippen molar-refractivity contribution in [2.75, 3.05) is 0 Å². The lowest BCUT2D eigenvalue weighted by molar-refractivity contribution is 0.302. The third-order valence-corrected chi connectivity index (χ3v) is 5.76. The Morgan fingerprint density at radius 2 is 1.87 bits per heavy atom. The molecule has 0 aliphatic carbocycles. The quantitative estimate of drug-likeness (QED) is 0.441. The fraction of sp³-hybridized carbons (Fsp3) is 0.0952. The van der Waals surface area contributed by atoms with Gasteiger partial charge in [-0.15, -0.1) is 0 Å². The van der Waals surface area contributed by atoms with Gasteiger partial charge in [0.15, 0.2) is 11.8 Å². The molecular formula is C21H17Cl2N7. The molecule has 0 fully saturated rings. The number of aliphatic imine (C=N–C) groups is 1. The molecular weight excluding hydrogens is 421 g/mol. The molecule has 2 aromatic heterocycles. The molecule has 5 rings (SSSR count). The first-order valence-corrected chi connectivity index (χ1v) is 10.0. The van der Waals surface area contributed by atoms with Crippen molar-refractivity contribution in [3.63, 3.8) is 0 Å². The Labute approximate surface area is 182 Å². The number of aromatic amines is 1. The van der Waals surface area contributed by atoms with Gasteiger partial charge in [0.2, 0.25) is 0 Å². The van der Waals surface area contributed by atoms with Crippen LogP contribution in [-0.2, 0) is 6.54 Å². The van der Waals surface area contributed by atoms with E-state index >= 15 is 0 Å². The summed E-state index contributed by atoms with van der Waals surface area (Å²) in [5.41, 5.74) is 16.4. The van der Waals surface area contributed by atoms with Crippen molar-refractivity contribution in [3.8, 4) is 11.3 Å². The van der Waals surface area contributed by atoms with E-state index in [1.165, 1.54) is 0 Å². The number of benzene rings is 2. The minimum Gasteiger partial charge on any atom is -0.369 e. The standard InChI is InChI=1S/C21H17Cl2N7/c22-14-6-2-1-5-13(14)16-12(8-11-4-3-7-15(23)17(11)28-16)9-30-19(24)18-20(27-10-26-18)29-21(30)25/h1-8,10,19H,9,24H2,(H2,25,29)(H,26,27). The summed E-state index contributed by atoms with van der Waals surface area (Å²) in [6, 6.07) is 15.3. The maximum atomic E-state index is 6.50. The monoisotopic (exact) mass is 437 g/mol. The predicted molar refractivity (Wildman–Crippen MR) is 120 cm³/mol. The van der Waals surface area contributed by atoms with E-state index in [2.05, 4.69) is 15.0 Å². The van der Waals surface area contributed by atoms with Crippen LogP contribution in [0.3, 0.4) is 0 Å². The van der Waals surface area contributed by atoms with Gasteiger partial charge in [-0.1, -0.05) is 53.5 Å². The average molecular weight is 438 g/mol. The summed E-state index contributed by atoms with van der Waals surface area (Å²) < 4.78 is 0. The lowest BCUT2D eigenvalue weighted by atomic mass is 10.0. The molecule has 5 N–H and O–H groups in total. The minimum atomic E-state index is -0.544. The summed E-state index contributed by atoms with van der Waals surface area (Å²) in [4.78, 5) is 18.3. The molecule has 0 saturated heterocycles. The molecule has 1 unspecified atom stereocenters. The van der Waals surface area contributed by atoms with E-state index in [-0.39, 0.29) is 0 Å². The summed E-state index contributed by atoms with van der Waals surface area (Å²) in [6.07, 6.45) is 1.01. The Kier molecular flexibility index (Phi) is 4.58. The van der Waals surface area contributed by atoms with Gasteiger partial charge in [0.25, 0.3) is 0 Å². The van der Waals surface area contributed by atoms with Gasteiger partial charge in [-0.05, 0) is 23.8 Å². The lowest BCUT2D eigenvalue weighted by Gasteiger charge is -2.32. The van der Waals surface area contributed by atoms with E-state index in [4.69, 9.17) is 39.7 Å². The van der Waals surface area contributed by atoms with Gasteiger partial charge < -0.3 is 21.4 Å². The smallest absolute Gasteiger partial charge is 0.199 e. The maximum Gasteiger partial charge on any atom is 0.199 e. The number of guanidine groups is 1. The van der Waals surface area contributed by atoms with Crippen molar-refractivity contribution in [2.24, 2.45) is 16.5 Å². The number of hydrogen-bond donors (Lipinski definition) is 3. The number of halogens is 2. The third kappa shape index (κ3) is 3.08. The largest absolute Gasteiger partial charge is 0.369 e. The van der Waals surface area contributed by atoms with E-state index in [1.54, 1.807) is 11.2 Å². The average Bonchev–Trinajstić information content (AvgIpc) is 3.20. The first-order valence-electron chi connectivity index (χ1n) is 9.25. The zero-order valence-corrected chi connectivity index (χ0v) is 17.2. The Balaban J connectivity index is 1.67. The molecule has 0 saturated carbocycles. The number of nitrogens with one attached hydrogen (secondary N) is 1. The topological polar surface area (TPSA) is 109 Å². The van der Waals surface area contributed by atoms with E-state index in [9.17, 15) is 0 Å². The number of pyridine rings is 1. The zero-order chi connectivity index (χ0) is 20.8. The molecule has 150 valence electrons. The Hall–Kier alpha value is -3.13. The number of nitrogens with zero attached hydrogens (tertiary/aromatic N) is 4. The second kappa shape index (κ2) is 7.28. The molecule has 1 aliphatic heterocycles. The zero-order valence-electron chi connectivity index (χ0n) is 15.7. The number of nitrogens with two attached hydrogens (primary N) is 2. The van der Waals surface area contributed by atoms with E-state index in [1.807, 2.05) is 48.5 Å². The molecule has 0 spiro atoms. The van der Waals surface area contributed by atoms with Gasteiger partial charge in [-0.3, -0.25) is 0 Å². The number of hydrogen-bond acceptors (Lipinski definition) is 6. The van der Waals surface area contributed by atoms with Crippen LogP contribution in [0.25, 0.3) is 22.2 Å². The second-order valence-electron chi connectivity index (χ2n) is 6.97. The highest BCUT2D eigenvalue weighted by Gasteiger charge is 2.29. The van der Waals surface area contributed by atoms with Crippen LogP contribution in [0.4, 0.5) is 5.82 Å². The molecule has 0 radical (unpaired) electrons. The van der Waals surface area contributed by atoms with Gasteiger partial charge in [0, 0.05) is 22.5 Å². The number of para-hydroxylation sites is 1. The highest BCUT2D eigenvalue weighted by atomic mass is 35.5. The Bertz CT molecular complexity index is 1300. The Morgan fingerprint density at radius 1 is 1.07 bits per heavy atom. The molecule has 0 amide bonds. The maximum absolute atomic E-state index is 6.50. The number of H-pyrrole nitrogens is 1. The first-order chi connectivity index (χ1) is 14.5. The van der Waals surface area contributed by atoms with Crippen LogP contribution in [-0.4, -0.2) is 25.8 Å². The van der Waals surface area contributed by atoms with Crippen LogP contribution in [0.15, 0.2) is 59.9 Å². The number of aromatic nitrogens is 3. The molecule has 1 aliphatic rings. The van der Waals surface area contributed by atoms with Gasteiger partial charge in [-0.2, -0.15) is 4.99 Å². The van der Waals surface area contributed by atoms with Crippen LogP contribution in [0, 0.1) is 0 Å². The van der Waals surface area contributed by atoms with Crippen molar-refractivity contribution < 1.29 is 0 Å². The SMILES string of the molecule is NC1=Nc2[nH]cnc2C(N)N1Cc1cc2cccc(Cl)c2nc1-c1ccccc1Cl. The molecule has 0 bridgehead atoms. The lowest BCUT2D eigenvalue weighted by Crippen LogP contribution is -2.45. The highest BCUT2D eigenvalue weighted by Crippen LogP contribution is 2.35. The van der Waals surface area contributed by atoms with Crippen LogP contribution in [0.2, 0.25) is 10.0 Å². The van der Waals surface area contributed by atoms with Crippen molar-refractivity contribution in [2.45, 2.75) is 12.7 Å². The summed E-state index contributed by atoms with van der Waals surface area (Å²) in [7, 11) is 0. The van der Waals surface area contributed by atoms with Crippen molar-refractivity contribution in [3.05, 3.63) is 76.2 Å². The van der Waals surface area contributed by atoms with Crippen molar-refractivity contribution >= 4 is 45.9 Å². The minimum absolute atomic E-state index is 0.301. The van der Waals surface area contributed by atoms with Crippen LogP contribution in [0.5, 0.6) is 0 Å². The highest BCUT2D eigenvalue weighted by molar-refractivity contribution is 6.35. The first kappa shape index (κ1) is 18.9. The molecule has 3 heterocycles. The van der Waals surface area contributed by atoms with E-state index in [0.717, 1.165) is 16.5 Å². The van der Waals surface area contributed by atoms with E-state index in [0.29, 0.717) is 45.3 Å². The van der Waals surface area contributed by atoms with Crippen molar-refractivity contribution in [1.82, 2.24) is 19.9 Å². The second-order valence-corrected chi connectivity index (χ2v) is 7.78. The number of rotatable bonds is 3. The summed E-state index contributed by atoms with van der Waals surface area (Å²) in [5, 5.41) is 2.08. The summed E-state index contributed by atoms with van der Waals surface area (Å²) in [5.74, 6) is 0.876. The summed E-state index contributed by atoms with van der Waals surface area (Å²) in [6.45, 7) is 0.374. The fourth-order valence-corrected chi connectivity index (χ4v) is 4.10. The molecule has 9 heteroatoms. The van der Waals surface area contributed by atoms with Gasteiger partial charge in [0.1, 0.15) is 11.9 Å². The normalized spacial score (nSPS) is 15.9. The van der Waals surface area contributed by atoms with E-state index < -0.39 is 6.17 Å². The summed E-state index contributed by atoms with van der Waals surface area (Å²) >= 11 is 12.9. The van der Waals surface area contributed by atoms with Crippen LogP contribution in [0.1, 0.15) is 17.4 Å². The predicted octanol–water partition coefficient (Wildman–Crippen LogP) is 4.35. The molecule has 7 nitrogen and oxygen atoms in total. The molecule has 1 atom stereocenters. The molecule has 30 heavy (non-hydrogen) atoms. The number of imidazole rings is 1. The number of fused-ring (bicyclic) bond motifs is 2. The van der Waals surface area contributed by atoms with Gasteiger partial charge >= 0.3 is 0 Å². The van der Waals surface area contributed by atoms with Crippen molar-refractivity contribution in [1.29, 1.82) is 0 Å². The Morgan fingerprint density at radius 3 is 2.70 bits per heavy atom. The molecule has 4 aromatic rings. The van der Waals surface area contributed by atoms with Gasteiger partial charge in [0.05, 0.1) is 22.6 Å². The van der Waals surface area contributed by atoms with Crippen LogP contribution < -0.4 is 11.5 Å². The fourth-order valence-electron chi connectivity index (χ4n) is 3.65. The van der Waals surface area contributed by atoms with Gasteiger partial charge in [-0.25, -0.2) is 9.97 Å². The third-order valence-electron chi connectivity index (χ3n) is 5.13.